The molecule has 2 nitrogen and oxygen atoms in total. The molecule has 2 fully saturated rings. The Morgan fingerprint density at radius 1 is 1.15 bits per heavy atom. The van der Waals surface area contributed by atoms with Gasteiger partial charge in [0.05, 0.1) is 0 Å². The lowest BCUT2D eigenvalue weighted by molar-refractivity contribution is 0.489. The summed E-state index contributed by atoms with van der Waals surface area (Å²) in [6, 6.07) is 0. The van der Waals surface area contributed by atoms with E-state index in [0.717, 1.165) is 19.0 Å². The Labute approximate surface area is 81.5 Å². The molecule has 0 aromatic carbocycles. The molecule has 0 aromatic rings. The van der Waals surface area contributed by atoms with Crippen LogP contribution >= 0.6 is 0 Å². The Morgan fingerprint density at radius 2 is 1.85 bits per heavy atom. The van der Waals surface area contributed by atoms with Crippen molar-refractivity contribution in [3.63, 3.8) is 0 Å². The second kappa shape index (κ2) is 3.97. The van der Waals surface area contributed by atoms with Gasteiger partial charge in [0.25, 0.3) is 0 Å². The van der Waals surface area contributed by atoms with Gasteiger partial charge in [-0.15, -0.1) is 0 Å². The minimum Gasteiger partial charge on any atom is -0.315 e. The van der Waals surface area contributed by atoms with Crippen LogP contribution in [0.4, 0.5) is 0 Å². The molecule has 2 rings (SSSR count). The first-order chi connectivity index (χ1) is 6.29. The lowest BCUT2D eigenvalue weighted by Gasteiger charge is -2.10. The van der Waals surface area contributed by atoms with Gasteiger partial charge in [-0.2, -0.15) is 0 Å². The van der Waals surface area contributed by atoms with Gasteiger partial charge < -0.3 is 10.6 Å². The molecule has 0 unspecified atom stereocenters. The van der Waals surface area contributed by atoms with Crippen LogP contribution in [0.1, 0.15) is 32.6 Å². The van der Waals surface area contributed by atoms with Gasteiger partial charge in [-0.1, -0.05) is 6.92 Å². The third kappa shape index (κ3) is 3.65. The zero-order chi connectivity index (χ0) is 9.15. The van der Waals surface area contributed by atoms with Gasteiger partial charge in [-0.3, -0.25) is 0 Å². The molecule has 0 radical (unpaired) electrons. The van der Waals surface area contributed by atoms with Crippen LogP contribution < -0.4 is 10.6 Å². The van der Waals surface area contributed by atoms with Crippen molar-refractivity contribution in [3.05, 3.63) is 0 Å². The Morgan fingerprint density at radius 3 is 2.46 bits per heavy atom. The number of rotatable bonds is 7. The lowest BCUT2D eigenvalue weighted by atomic mass is 10.1. The fourth-order valence-corrected chi connectivity index (χ4v) is 1.59. The predicted octanol–water partition coefficient (Wildman–Crippen LogP) is 1.38. The van der Waals surface area contributed by atoms with Crippen molar-refractivity contribution in [3.8, 4) is 0 Å². The van der Waals surface area contributed by atoms with Gasteiger partial charge in [-0.25, -0.2) is 0 Å². The van der Waals surface area contributed by atoms with E-state index >= 15 is 0 Å². The van der Waals surface area contributed by atoms with Crippen LogP contribution in [0, 0.1) is 11.3 Å². The monoisotopic (exact) mass is 182 g/mol. The summed E-state index contributed by atoms with van der Waals surface area (Å²) in [6.45, 7) is 7.13. The summed E-state index contributed by atoms with van der Waals surface area (Å²) >= 11 is 0. The molecule has 0 spiro atoms. The summed E-state index contributed by atoms with van der Waals surface area (Å²) in [5, 5.41) is 7.01. The third-order valence-corrected chi connectivity index (χ3v) is 3.26. The highest BCUT2D eigenvalue weighted by molar-refractivity contribution is 4.90. The summed E-state index contributed by atoms with van der Waals surface area (Å²) in [4.78, 5) is 0. The standard InChI is InChI=1S/C11H22N2/c1-11(4-5-11)9-13-7-6-12-8-10-2-3-10/h10,12-13H,2-9H2,1H3. The van der Waals surface area contributed by atoms with E-state index in [2.05, 4.69) is 17.6 Å². The van der Waals surface area contributed by atoms with Gasteiger partial charge >= 0.3 is 0 Å². The largest absolute Gasteiger partial charge is 0.315 e. The van der Waals surface area contributed by atoms with E-state index in [1.54, 1.807) is 0 Å². The van der Waals surface area contributed by atoms with Crippen LogP contribution in [-0.2, 0) is 0 Å². The number of hydrogen-bond donors (Lipinski definition) is 2. The minimum atomic E-state index is 0.663. The SMILES string of the molecule is CC1(CNCCNCC2CC2)CC1. The summed E-state index contributed by atoms with van der Waals surface area (Å²) in [5.74, 6) is 1.01. The second-order valence-corrected chi connectivity index (χ2v) is 5.13. The highest BCUT2D eigenvalue weighted by Gasteiger charge is 2.36. The number of nitrogens with one attached hydrogen (secondary N) is 2. The molecule has 0 amide bonds. The van der Waals surface area contributed by atoms with E-state index in [4.69, 9.17) is 0 Å². The molecular formula is C11H22N2. The van der Waals surface area contributed by atoms with Crippen molar-refractivity contribution in [1.29, 1.82) is 0 Å². The molecular weight excluding hydrogens is 160 g/mol. The normalized spacial score (nSPS) is 24.7. The maximum Gasteiger partial charge on any atom is 0.00769 e. The van der Waals surface area contributed by atoms with Gasteiger partial charge in [-0.05, 0) is 43.6 Å². The Balaban J connectivity index is 1.36. The van der Waals surface area contributed by atoms with E-state index in [1.165, 1.54) is 38.8 Å². The lowest BCUT2D eigenvalue weighted by Crippen LogP contribution is -2.31. The van der Waals surface area contributed by atoms with Crippen molar-refractivity contribution in [2.24, 2.45) is 11.3 Å². The molecule has 0 saturated heterocycles. The number of hydrogen-bond acceptors (Lipinski definition) is 2. The smallest absolute Gasteiger partial charge is 0.00769 e. The van der Waals surface area contributed by atoms with Crippen LogP contribution in [0.5, 0.6) is 0 Å². The molecule has 0 aromatic heterocycles. The molecule has 2 heteroatoms. The Hall–Kier alpha value is -0.0800. The molecule has 2 aliphatic carbocycles. The second-order valence-electron chi connectivity index (χ2n) is 5.13. The first-order valence-electron chi connectivity index (χ1n) is 5.70. The fraction of sp³-hybridized carbons (Fsp3) is 1.00. The molecule has 0 heterocycles. The van der Waals surface area contributed by atoms with Crippen molar-refractivity contribution in [2.45, 2.75) is 32.6 Å². The molecule has 76 valence electrons. The predicted molar refractivity (Wildman–Crippen MR) is 55.8 cm³/mol. The van der Waals surface area contributed by atoms with Gasteiger partial charge in [0.15, 0.2) is 0 Å². The van der Waals surface area contributed by atoms with E-state index < -0.39 is 0 Å². The summed E-state index contributed by atoms with van der Waals surface area (Å²) in [6.07, 6.45) is 5.77. The molecule has 0 aliphatic heterocycles. The zero-order valence-corrected chi connectivity index (χ0v) is 8.73. The van der Waals surface area contributed by atoms with Crippen molar-refractivity contribution in [1.82, 2.24) is 10.6 Å². The maximum absolute atomic E-state index is 3.52. The highest BCUT2D eigenvalue weighted by atomic mass is 15.0. The summed E-state index contributed by atoms with van der Waals surface area (Å²) in [5.41, 5.74) is 0.663. The van der Waals surface area contributed by atoms with E-state index in [-0.39, 0.29) is 0 Å². The van der Waals surface area contributed by atoms with Crippen LogP contribution in [0.2, 0.25) is 0 Å². The molecule has 2 saturated carbocycles. The van der Waals surface area contributed by atoms with Gasteiger partial charge in [0.1, 0.15) is 0 Å². The van der Waals surface area contributed by atoms with Crippen molar-refractivity contribution in [2.75, 3.05) is 26.2 Å². The minimum absolute atomic E-state index is 0.663. The molecule has 2 N–H and O–H groups in total. The fourth-order valence-electron chi connectivity index (χ4n) is 1.59. The Bertz CT molecular complexity index is 159. The van der Waals surface area contributed by atoms with Crippen molar-refractivity contribution < 1.29 is 0 Å². The first kappa shape index (κ1) is 9.47. The molecule has 0 bridgehead atoms. The first-order valence-corrected chi connectivity index (χ1v) is 5.70. The average molecular weight is 182 g/mol. The Kier molecular flexibility index (Phi) is 2.89. The summed E-state index contributed by atoms with van der Waals surface area (Å²) < 4.78 is 0. The quantitative estimate of drug-likeness (QED) is 0.581. The molecule has 13 heavy (non-hydrogen) atoms. The van der Waals surface area contributed by atoms with E-state index in [0.29, 0.717) is 5.41 Å². The summed E-state index contributed by atoms with van der Waals surface area (Å²) in [7, 11) is 0. The molecule has 0 atom stereocenters. The third-order valence-electron chi connectivity index (χ3n) is 3.26. The maximum atomic E-state index is 3.52. The van der Waals surface area contributed by atoms with E-state index in [9.17, 15) is 0 Å². The topological polar surface area (TPSA) is 24.1 Å². The highest BCUT2D eigenvalue weighted by Crippen LogP contribution is 2.43. The van der Waals surface area contributed by atoms with Gasteiger partial charge in [0.2, 0.25) is 0 Å². The zero-order valence-electron chi connectivity index (χ0n) is 8.73. The van der Waals surface area contributed by atoms with Gasteiger partial charge in [0, 0.05) is 19.6 Å². The molecule has 2 aliphatic rings. The van der Waals surface area contributed by atoms with E-state index in [1.807, 2.05) is 0 Å². The van der Waals surface area contributed by atoms with Crippen molar-refractivity contribution >= 4 is 0 Å². The van der Waals surface area contributed by atoms with Crippen LogP contribution in [0.3, 0.4) is 0 Å². The van der Waals surface area contributed by atoms with Crippen LogP contribution in [0.15, 0.2) is 0 Å². The average Bonchev–Trinajstić information content (AvgIpc) is 2.96. The van der Waals surface area contributed by atoms with Crippen LogP contribution in [0.25, 0.3) is 0 Å². The van der Waals surface area contributed by atoms with Crippen LogP contribution in [-0.4, -0.2) is 26.2 Å².